The molecule has 0 amide bonds. The Morgan fingerprint density at radius 1 is 1.27 bits per heavy atom. The van der Waals surface area contributed by atoms with Gasteiger partial charge in [0, 0.05) is 16.0 Å². The van der Waals surface area contributed by atoms with E-state index in [1.54, 1.807) is 0 Å². The Labute approximate surface area is 88.4 Å². The molecular formula is C10H6NO3S-. The minimum atomic E-state index is -2.37. The van der Waals surface area contributed by atoms with Crippen LogP contribution < -0.4 is 0 Å². The number of hydrogen-bond acceptors (Lipinski definition) is 4. The van der Waals surface area contributed by atoms with E-state index in [4.69, 9.17) is 5.41 Å². The Balaban J connectivity index is 2.72. The molecule has 15 heavy (non-hydrogen) atoms. The molecule has 4 nitrogen and oxygen atoms in total. The molecule has 5 heteroatoms. The summed E-state index contributed by atoms with van der Waals surface area (Å²) in [7, 11) is 0. The molecule has 0 spiro atoms. The second kappa shape index (κ2) is 3.52. The lowest BCUT2D eigenvalue weighted by atomic mass is 9.95. The standard InChI is InChI=1S/C10H7NO3S/c11-8-5-4-6-7(10(8)12)2-1-3-9(6)15(13)14/h1-5,11H,(H,13,14)/p-1. The van der Waals surface area contributed by atoms with Crippen molar-refractivity contribution in [3.8, 4) is 0 Å². The first-order valence-electron chi connectivity index (χ1n) is 4.15. The van der Waals surface area contributed by atoms with Crippen molar-refractivity contribution in [2.45, 2.75) is 4.90 Å². The monoisotopic (exact) mass is 220 g/mol. The van der Waals surface area contributed by atoms with Crippen molar-refractivity contribution in [2.24, 2.45) is 0 Å². The number of carbonyl (C=O) groups is 1. The molecule has 1 aliphatic rings. The SMILES string of the molecule is N=C1C=Cc2c(cccc2S(=O)[O-])C1=O. The van der Waals surface area contributed by atoms with Crippen molar-refractivity contribution < 1.29 is 13.6 Å². The first-order valence-corrected chi connectivity index (χ1v) is 5.22. The maximum absolute atomic E-state index is 11.5. The van der Waals surface area contributed by atoms with E-state index in [0.717, 1.165) is 0 Å². The number of Topliss-reactive ketones (excluding diaryl/α,β-unsaturated/α-hetero) is 1. The lowest BCUT2D eigenvalue weighted by Crippen LogP contribution is -2.16. The van der Waals surface area contributed by atoms with Crippen LogP contribution in [0.25, 0.3) is 6.08 Å². The number of rotatable bonds is 1. The van der Waals surface area contributed by atoms with Gasteiger partial charge in [0.05, 0.1) is 0 Å². The number of nitrogens with one attached hydrogen (secondary N) is 1. The van der Waals surface area contributed by atoms with Gasteiger partial charge in [-0.25, -0.2) is 0 Å². The fourth-order valence-corrected chi connectivity index (χ4v) is 1.99. The molecule has 1 aliphatic carbocycles. The smallest absolute Gasteiger partial charge is 0.211 e. The predicted molar refractivity (Wildman–Crippen MR) is 54.7 cm³/mol. The third-order valence-corrected chi connectivity index (χ3v) is 2.87. The minimum Gasteiger partial charge on any atom is -0.768 e. The summed E-state index contributed by atoms with van der Waals surface area (Å²) >= 11 is -2.37. The van der Waals surface area contributed by atoms with Gasteiger partial charge in [-0.05, 0) is 23.2 Å². The van der Waals surface area contributed by atoms with Crippen molar-refractivity contribution >= 4 is 28.7 Å². The van der Waals surface area contributed by atoms with Gasteiger partial charge in [-0.15, -0.1) is 0 Å². The average Bonchev–Trinajstić information content (AvgIpc) is 2.23. The Kier molecular flexibility index (Phi) is 2.34. The summed E-state index contributed by atoms with van der Waals surface area (Å²) in [6.45, 7) is 0. The van der Waals surface area contributed by atoms with Crippen LogP contribution in [0.5, 0.6) is 0 Å². The van der Waals surface area contributed by atoms with E-state index in [0.29, 0.717) is 5.56 Å². The Morgan fingerprint density at radius 2 is 2.00 bits per heavy atom. The summed E-state index contributed by atoms with van der Waals surface area (Å²) in [5.74, 6) is -0.445. The van der Waals surface area contributed by atoms with Gasteiger partial charge in [0.2, 0.25) is 5.78 Å². The molecule has 0 fully saturated rings. The normalized spacial score (nSPS) is 16.3. The first kappa shape index (κ1) is 9.95. The van der Waals surface area contributed by atoms with Gasteiger partial charge in [-0.3, -0.25) is 14.4 Å². The topological polar surface area (TPSA) is 81.1 Å². The van der Waals surface area contributed by atoms with Gasteiger partial charge in [0.15, 0.2) is 0 Å². The third kappa shape index (κ3) is 1.55. The van der Waals surface area contributed by atoms with Crippen molar-refractivity contribution in [2.75, 3.05) is 0 Å². The molecule has 1 aromatic rings. The fourth-order valence-electron chi connectivity index (χ4n) is 1.45. The highest BCUT2D eigenvalue weighted by atomic mass is 32.2. The molecule has 1 aromatic carbocycles. The Hall–Kier alpha value is -1.59. The van der Waals surface area contributed by atoms with Crippen molar-refractivity contribution in [1.82, 2.24) is 0 Å². The summed E-state index contributed by atoms with van der Waals surface area (Å²) in [6, 6.07) is 4.44. The molecule has 0 heterocycles. The summed E-state index contributed by atoms with van der Waals surface area (Å²) in [5.41, 5.74) is 0.507. The number of hydrogen-bond donors (Lipinski definition) is 1. The van der Waals surface area contributed by atoms with Crippen molar-refractivity contribution in [1.29, 1.82) is 5.41 Å². The first-order chi connectivity index (χ1) is 7.11. The minimum absolute atomic E-state index is 0.0876. The maximum Gasteiger partial charge on any atom is 0.211 e. The summed E-state index contributed by atoms with van der Waals surface area (Å²) < 4.78 is 21.7. The molecule has 1 N–H and O–H groups in total. The number of ketones is 1. The molecule has 1 atom stereocenters. The van der Waals surface area contributed by atoms with Crippen LogP contribution in [0, 0.1) is 5.41 Å². The Bertz CT molecular complexity index is 519. The molecule has 0 saturated carbocycles. The fraction of sp³-hybridized carbons (Fsp3) is 0. The molecular weight excluding hydrogens is 214 g/mol. The molecule has 2 rings (SSSR count). The number of allylic oxidation sites excluding steroid dienone is 1. The summed E-state index contributed by atoms with van der Waals surface area (Å²) in [6.07, 6.45) is 2.78. The summed E-state index contributed by atoms with van der Waals surface area (Å²) in [4.78, 5) is 11.6. The molecule has 0 aromatic heterocycles. The van der Waals surface area contributed by atoms with Gasteiger partial charge in [-0.2, -0.15) is 0 Å². The van der Waals surface area contributed by atoms with Crippen LogP contribution in [0.4, 0.5) is 0 Å². The van der Waals surface area contributed by atoms with Gasteiger partial charge in [-0.1, -0.05) is 18.2 Å². The van der Waals surface area contributed by atoms with Gasteiger partial charge in [0.1, 0.15) is 5.71 Å². The van der Waals surface area contributed by atoms with Gasteiger partial charge < -0.3 is 4.55 Å². The number of benzene rings is 1. The van der Waals surface area contributed by atoms with E-state index in [1.165, 1.54) is 30.4 Å². The van der Waals surface area contributed by atoms with Crippen molar-refractivity contribution in [3.05, 3.63) is 35.4 Å². The second-order valence-electron chi connectivity index (χ2n) is 3.03. The molecule has 76 valence electrons. The van der Waals surface area contributed by atoms with E-state index in [2.05, 4.69) is 0 Å². The van der Waals surface area contributed by atoms with E-state index in [-0.39, 0.29) is 16.2 Å². The molecule has 0 aliphatic heterocycles. The zero-order valence-electron chi connectivity index (χ0n) is 7.52. The van der Waals surface area contributed by atoms with Gasteiger partial charge in [0.25, 0.3) is 0 Å². The maximum atomic E-state index is 11.5. The number of carbonyl (C=O) groups excluding carboxylic acids is 1. The van der Waals surface area contributed by atoms with Crippen LogP contribution in [0.2, 0.25) is 0 Å². The summed E-state index contributed by atoms with van der Waals surface area (Å²) in [5, 5.41) is 7.31. The quantitative estimate of drug-likeness (QED) is 0.721. The van der Waals surface area contributed by atoms with E-state index >= 15 is 0 Å². The van der Waals surface area contributed by atoms with Crippen LogP contribution in [0.1, 0.15) is 15.9 Å². The van der Waals surface area contributed by atoms with Crippen LogP contribution in [0.3, 0.4) is 0 Å². The van der Waals surface area contributed by atoms with Gasteiger partial charge >= 0.3 is 0 Å². The lowest BCUT2D eigenvalue weighted by molar-refractivity contribution is 0.106. The zero-order valence-corrected chi connectivity index (χ0v) is 8.34. The van der Waals surface area contributed by atoms with E-state index in [1.807, 2.05) is 0 Å². The lowest BCUT2D eigenvalue weighted by Gasteiger charge is -2.15. The molecule has 0 saturated heterocycles. The Morgan fingerprint density at radius 3 is 2.67 bits per heavy atom. The van der Waals surface area contributed by atoms with E-state index < -0.39 is 16.9 Å². The highest BCUT2D eigenvalue weighted by Gasteiger charge is 2.19. The molecule has 1 unspecified atom stereocenters. The largest absolute Gasteiger partial charge is 0.768 e. The van der Waals surface area contributed by atoms with Crippen molar-refractivity contribution in [3.63, 3.8) is 0 Å². The molecule has 0 radical (unpaired) electrons. The van der Waals surface area contributed by atoms with Crippen LogP contribution in [-0.4, -0.2) is 20.3 Å². The average molecular weight is 220 g/mol. The van der Waals surface area contributed by atoms with Crippen LogP contribution in [0.15, 0.2) is 29.2 Å². The third-order valence-electron chi connectivity index (χ3n) is 2.15. The molecule has 0 bridgehead atoms. The van der Waals surface area contributed by atoms with Crippen LogP contribution in [-0.2, 0) is 11.1 Å². The number of fused-ring (bicyclic) bond motifs is 1. The second-order valence-corrected chi connectivity index (χ2v) is 3.94. The zero-order chi connectivity index (χ0) is 11.0. The van der Waals surface area contributed by atoms with Crippen LogP contribution >= 0.6 is 0 Å². The highest BCUT2D eigenvalue weighted by molar-refractivity contribution is 7.79. The highest BCUT2D eigenvalue weighted by Crippen LogP contribution is 2.23. The predicted octanol–water partition coefficient (Wildman–Crippen LogP) is 1.15. The van der Waals surface area contributed by atoms with E-state index in [9.17, 15) is 13.6 Å².